The summed E-state index contributed by atoms with van der Waals surface area (Å²) in [5.74, 6) is 0. The van der Waals surface area contributed by atoms with Gasteiger partial charge in [-0.25, -0.2) is 0 Å². The van der Waals surface area contributed by atoms with E-state index >= 15 is 0 Å². The van der Waals surface area contributed by atoms with Crippen molar-refractivity contribution >= 4 is 0 Å². The Bertz CT molecular complexity index is 108. The fourth-order valence-electron chi connectivity index (χ4n) is 1.41. The molecular weight excluding hydrogens is 130 g/mol. The number of nitrogens with zero attached hydrogens (tertiary/aromatic N) is 1. The molecule has 0 bridgehead atoms. The topological polar surface area (TPSA) is 32.7 Å². The first kappa shape index (κ1) is 7.98. The van der Waals surface area contributed by atoms with Gasteiger partial charge in [-0.15, -0.1) is 0 Å². The zero-order valence-electron chi connectivity index (χ0n) is 6.58. The van der Waals surface area contributed by atoms with Crippen LogP contribution in [0.4, 0.5) is 0 Å². The van der Waals surface area contributed by atoms with Crippen LogP contribution in [0.15, 0.2) is 0 Å². The van der Waals surface area contributed by atoms with Crippen molar-refractivity contribution < 1.29 is 9.84 Å². The molecule has 3 nitrogen and oxygen atoms in total. The highest BCUT2D eigenvalue weighted by Gasteiger charge is 2.28. The second kappa shape index (κ2) is 3.32. The molecule has 0 spiro atoms. The van der Waals surface area contributed by atoms with E-state index in [0.29, 0.717) is 12.1 Å². The molecule has 0 aromatic heterocycles. The molecule has 1 aliphatic rings. The molecule has 2 atom stereocenters. The Morgan fingerprint density at radius 1 is 1.70 bits per heavy atom. The van der Waals surface area contributed by atoms with Crippen molar-refractivity contribution in [3.63, 3.8) is 0 Å². The molecule has 0 radical (unpaired) electrons. The second-order valence-corrected chi connectivity index (χ2v) is 2.87. The minimum absolute atomic E-state index is 0.246. The summed E-state index contributed by atoms with van der Waals surface area (Å²) in [6.45, 7) is 1.19. The molecule has 0 unspecified atom stereocenters. The number of hydrogen-bond donors (Lipinski definition) is 1. The number of aliphatic hydroxyl groups is 1. The molecule has 1 heterocycles. The highest BCUT2D eigenvalue weighted by Crippen LogP contribution is 2.16. The van der Waals surface area contributed by atoms with Crippen molar-refractivity contribution in [3.05, 3.63) is 0 Å². The average molecular weight is 145 g/mol. The molecule has 0 aromatic rings. The van der Waals surface area contributed by atoms with Crippen molar-refractivity contribution in [2.24, 2.45) is 0 Å². The number of ether oxygens (including phenoxy) is 1. The highest BCUT2D eigenvalue weighted by molar-refractivity contribution is 4.82. The van der Waals surface area contributed by atoms with E-state index in [2.05, 4.69) is 4.90 Å². The third kappa shape index (κ3) is 1.48. The van der Waals surface area contributed by atoms with Gasteiger partial charge in [0.1, 0.15) is 0 Å². The van der Waals surface area contributed by atoms with Crippen LogP contribution in [0.3, 0.4) is 0 Å². The fourth-order valence-corrected chi connectivity index (χ4v) is 1.41. The van der Waals surface area contributed by atoms with E-state index in [1.165, 1.54) is 0 Å². The first-order valence-electron chi connectivity index (χ1n) is 3.61. The summed E-state index contributed by atoms with van der Waals surface area (Å²) in [6.07, 6.45) is 1.28. The molecule has 0 aliphatic carbocycles. The van der Waals surface area contributed by atoms with Gasteiger partial charge in [0.15, 0.2) is 0 Å². The molecule has 0 saturated carbocycles. The van der Waals surface area contributed by atoms with Crippen molar-refractivity contribution in [1.82, 2.24) is 4.90 Å². The van der Waals surface area contributed by atoms with Crippen LogP contribution < -0.4 is 0 Å². The summed E-state index contributed by atoms with van der Waals surface area (Å²) in [5.41, 5.74) is 0. The van der Waals surface area contributed by atoms with Crippen molar-refractivity contribution in [2.75, 3.05) is 27.3 Å². The lowest BCUT2D eigenvalue weighted by molar-refractivity contribution is 0.111. The van der Waals surface area contributed by atoms with Gasteiger partial charge in [-0.05, 0) is 13.5 Å². The fraction of sp³-hybridized carbons (Fsp3) is 1.00. The SMILES string of the molecule is CO[C@@H]1C[C@@H](CO)N(C)C1. The molecule has 1 rings (SSSR count). The van der Waals surface area contributed by atoms with Crippen LogP contribution in [0, 0.1) is 0 Å². The standard InChI is InChI=1S/C7H15NO2/c1-8-4-7(10-2)3-6(8)5-9/h6-7,9H,3-5H2,1-2H3/t6-,7+/m0/s1. The Morgan fingerprint density at radius 2 is 2.40 bits per heavy atom. The molecule has 1 aliphatic heterocycles. The zero-order valence-corrected chi connectivity index (χ0v) is 6.58. The summed E-state index contributed by atoms with van der Waals surface area (Å²) in [5, 5.41) is 8.85. The number of rotatable bonds is 2. The highest BCUT2D eigenvalue weighted by atomic mass is 16.5. The average Bonchev–Trinajstić information content (AvgIpc) is 2.30. The third-order valence-electron chi connectivity index (χ3n) is 2.19. The first-order chi connectivity index (χ1) is 4.77. The molecule has 3 heteroatoms. The maximum Gasteiger partial charge on any atom is 0.0714 e. The molecular formula is C7H15NO2. The normalized spacial score (nSPS) is 35.1. The van der Waals surface area contributed by atoms with Gasteiger partial charge in [0.05, 0.1) is 12.7 Å². The predicted octanol–water partition coefficient (Wildman–Crippen LogP) is -0.302. The number of methoxy groups -OCH3 is 1. The van der Waals surface area contributed by atoms with Crippen LogP contribution >= 0.6 is 0 Å². The number of likely N-dealkylation sites (N-methyl/N-ethyl adjacent to an activating group) is 1. The second-order valence-electron chi connectivity index (χ2n) is 2.87. The molecule has 0 aromatic carbocycles. The van der Waals surface area contributed by atoms with Gasteiger partial charge in [0.25, 0.3) is 0 Å². The smallest absolute Gasteiger partial charge is 0.0714 e. The number of likely N-dealkylation sites (tertiary alicyclic amines) is 1. The summed E-state index contributed by atoms with van der Waals surface area (Å²) >= 11 is 0. The molecule has 1 fully saturated rings. The van der Waals surface area contributed by atoms with Crippen LogP contribution in [0.1, 0.15) is 6.42 Å². The Labute approximate surface area is 61.6 Å². The largest absolute Gasteiger partial charge is 0.395 e. The van der Waals surface area contributed by atoms with E-state index in [4.69, 9.17) is 9.84 Å². The van der Waals surface area contributed by atoms with E-state index in [9.17, 15) is 0 Å². The predicted molar refractivity (Wildman–Crippen MR) is 38.9 cm³/mol. The lowest BCUT2D eigenvalue weighted by Gasteiger charge is -2.14. The lowest BCUT2D eigenvalue weighted by atomic mass is 10.2. The van der Waals surface area contributed by atoms with Crippen molar-refractivity contribution in [2.45, 2.75) is 18.6 Å². The molecule has 1 N–H and O–H groups in total. The van der Waals surface area contributed by atoms with Crippen LogP contribution in [-0.4, -0.2) is 49.5 Å². The lowest BCUT2D eigenvalue weighted by Crippen LogP contribution is -2.28. The molecule has 10 heavy (non-hydrogen) atoms. The van der Waals surface area contributed by atoms with Crippen LogP contribution in [0.5, 0.6) is 0 Å². The van der Waals surface area contributed by atoms with Gasteiger partial charge in [0.2, 0.25) is 0 Å². The molecule has 0 amide bonds. The minimum Gasteiger partial charge on any atom is -0.395 e. The Hall–Kier alpha value is -0.120. The van der Waals surface area contributed by atoms with Gasteiger partial charge >= 0.3 is 0 Å². The minimum atomic E-state index is 0.246. The quantitative estimate of drug-likeness (QED) is 0.579. The molecule has 1 saturated heterocycles. The molecule has 60 valence electrons. The van der Waals surface area contributed by atoms with E-state index in [-0.39, 0.29) is 6.61 Å². The van der Waals surface area contributed by atoms with Gasteiger partial charge < -0.3 is 9.84 Å². The number of hydrogen-bond acceptors (Lipinski definition) is 3. The summed E-state index contributed by atoms with van der Waals surface area (Å²) in [7, 11) is 3.73. The third-order valence-corrected chi connectivity index (χ3v) is 2.19. The zero-order chi connectivity index (χ0) is 7.56. The Morgan fingerprint density at radius 3 is 2.70 bits per heavy atom. The first-order valence-corrected chi connectivity index (χ1v) is 3.61. The van der Waals surface area contributed by atoms with Crippen LogP contribution in [0.25, 0.3) is 0 Å². The van der Waals surface area contributed by atoms with Gasteiger partial charge in [0, 0.05) is 19.7 Å². The van der Waals surface area contributed by atoms with Crippen LogP contribution in [-0.2, 0) is 4.74 Å². The van der Waals surface area contributed by atoms with E-state index in [1.54, 1.807) is 7.11 Å². The van der Waals surface area contributed by atoms with E-state index in [0.717, 1.165) is 13.0 Å². The maximum absolute atomic E-state index is 8.85. The van der Waals surface area contributed by atoms with Crippen molar-refractivity contribution in [3.8, 4) is 0 Å². The Balaban J connectivity index is 2.36. The van der Waals surface area contributed by atoms with Crippen LogP contribution in [0.2, 0.25) is 0 Å². The summed E-state index contributed by atoms with van der Waals surface area (Å²) in [6, 6.07) is 0.310. The van der Waals surface area contributed by atoms with E-state index < -0.39 is 0 Å². The van der Waals surface area contributed by atoms with Gasteiger partial charge in [-0.2, -0.15) is 0 Å². The van der Waals surface area contributed by atoms with E-state index in [1.807, 2.05) is 7.05 Å². The van der Waals surface area contributed by atoms with Crippen molar-refractivity contribution in [1.29, 1.82) is 0 Å². The summed E-state index contributed by atoms with van der Waals surface area (Å²) in [4.78, 5) is 2.13. The Kier molecular flexibility index (Phi) is 2.65. The summed E-state index contributed by atoms with van der Waals surface area (Å²) < 4.78 is 5.16. The maximum atomic E-state index is 8.85. The number of aliphatic hydroxyl groups excluding tert-OH is 1. The van der Waals surface area contributed by atoms with Gasteiger partial charge in [-0.3, -0.25) is 4.90 Å². The van der Waals surface area contributed by atoms with Gasteiger partial charge in [-0.1, -0.05) is 0 Å². The monoisotopic (exact) mass is 145 g/mol.